The predicted octanol–water partition coefficient (Wildman–Crippen LogP) is 1.94. The second-order valence-corrected chi connectivity index (χ2v) is 2.66. The molecular weight excluding hydrogens is 148 g/mol. The summed E-state index contributed by atoms with van der Waals surface area (Å²) in [4.78, 5) is 0. The predicted molar refractivity (Wildman–Crippen MR) is 52.1 cm³/mol. The van der Waals surface area contributed by atoms with E-state index < -0.39 is 0 Å². The van der Waals surface area contributed by atoms with Gasteiger partial charge in [0.15, 0.2) is 0 Å². The summed E-state index contributed by atoms with van der Waals surface area (Å²) in [6, 6.07) is 7.90. The lowest BCUT2D eigenvalue weighted by molar-refractivity contribution is 1.42. The first-order valence-electron chi connectivity index (χ1n) is 3.77. The van der Waals surface area contributed by atoms with E-state index in [1.165, 1.54) is 11.8 Å². The molecule has 0 aliphatic carbocycles. The first-order valence-corrected chi connectivity index (χ1v) is 3.77. The summed E-state index contributed by atoms with van der Waals surface area (Å²) in [6.07, 6.45) is 2.77. The fraction of sp³-hybridized carbons (Fsp3) is 0.100. The fourth-order valence-electron chi connectivity index (χ4n) is 1.01. The first-order chi connectivity index (χ1) is 5.74. The van der Waals surface area contributed by atoms with Gasteiger partial charge in [0.2, 0.25) is 0 Å². The van der Waals surface area contributed by atoms with Crippen molar-refractivity contribution < 1.29 is 0 Å². The maximum absolute atomic E-state index is 6.85. The number of hydrogen-bond acceptors (Lipinski definition) is 2. The summed E-state index contributed by atoms with van der Waals surface area (Å²) in [5.74, 6) is 0. The average molecular weight is 160 g/mol. The van der Waals surface area contributed by atoms with Crippen molar-refractivity contribution in [3.05, 3.63) is 41.5 Å². The minimum Gasteiger partial charge on any atom is -0.398 e. The van der Waals surface area contributed by atoms with Gasteiger partial charge in [0, 0.05) is 11.9 Å². The maximum atomic E-state index is 6.85. The van der Waals surface area contributed by atoms with Crippen LogP contribution in [0.4, 0.5) is 0 Å². The zero-order valence-corrected chi connectivity index (χ0v) is 7.04. The van der Waals surface area contributed by atoms with Crippen molar-refractivity contribution in [3.8, 4) is 0 Å². The molecule has 1 aromatic rings. The molecule has 0 aliphatic heterocycles. The molecule has 0 saturated carbocycles. The highest BCUT2D eigenvalue weighted by atomic mass is 14.6. The highest BCUT2D eigenvalue weighted by Crippen LogP contribution is 2.09. The normalized spacial score (nSPS) is 11.2. The molecule has 0 atom stereocenters. The molecule has 2 nitrogen and oxygen atoms in total. The standard InChI is InChI=1S/C10H12N2/c1-8-3-2-4-9(7-8)10(12)5-6-11/h2-7,11H,12H2,1H3/b10-5-,11-6?. The molecule has 1 rings (SSSR count). The molecule has 2 heteroatoms. The minimum atomic E-state index is 0.633. The molecule has 0 saturated heterocycles. The van der Waals surface area contributed by atoms with E-state index in [4.69, 9.17) is 11.1 Å². The van der Waals surface area contributed by atoms with Crippen LogP contribution in [0.25, 0.3) is 5.70 Å². The topological polar surface area (TPSA) is 49.9 Å². The largest absolute Gasteiger partial charge is 0.398 e. The lowest BCUT2D eigenvalue weighted by atomic mass is 10.1. The Hall–Kier alpha value is -1.57. The second-order valence-electron chi connectivity index (χ2n) is 2.66. The second kappa shape index (κ2) is 3.72. The van der Waals surface area contributed by atoms with Crippen LogP contribution in [0.5, 0.6) is 0 Å². The Balaban J connectivity index is 3.03. The summed E-state index contributed by atoms with van der Waals surface area (Å²) in [6.45, 7) is 2.02. The van der Waals surface area contributed by atoms with Crippen molar-refractivity contribution in [3.63, 3.8) is 0 Å². The monoisotopic (exact) mass is 160 g/mol. The van der Waals surface area contributed by atoms with E-state index >= 15 is 0 Å². The average Bonchev–Trinajstić information content (AvgIpc) is 2.05. The van der Waals surface area contributed by atoms with Crippen LogP contribution in [-0.4, -0.2) is 6.21 Å². The first kappa shape index (κ1) is 8.53. The van der Waals surface area contributed by atoms with Gasteiger partial charge in [-0.15, -0.1) is 0 Å². The number of nitrogens with one attached hydrogen (secondary N) is 1. The zero-order chi connectivity index (χ0) is 8.97. The highest BCUT2D eigenvalue weighted by molar-refractivity contribution is 5.81. The highest BCUT2D eigenvalue weighted by Gasteiger charge is 1.93. The molecule has 0 heterocycles. The Morgan fingerprint density at radius 3 is 2.83 bits per heavy atom. The fourth-order valence-corrected chi connectivity index (χ4v) is 1.01. The van der Waals surface area contributed by atoms with Crippen LogP contribution in [0.1, 0.15) is 11.1 Å². The Morgan fingerprint density at radius 2 is 2.25 bits per heavy atom. The van der Waals surface area contributed by atoms with Gasteiger partial charge in [-0.2, -0.15) is 0 Å². The van der Waals surface area contributed by atoms with E-state index in [-0.39, 0.29) is 0 Å². The van der Waals surface area contributed by atoms with Crippen LogP contribution in [0, 0.1) is 12.3 Å². The van der Waals surface area contributed by atoms with Crippen molar-refractivity contribution in [2.24, 2.45) is 5.73 Å². The van der Waals surface area contributed by atoms with Crippen LogP contribution in [-0.2, 0) is 0 Å². The van der Waals surface area contributed by atoms with Gasteiger partial charge in [-0.05, 0) is 24.6 Å². The third-order valence-corrected chi connectivity index (χ3v) is 1.61. The van der Waals surface area contributed by atoms with Gasteiger partial charge in [-0.25, -0.2) is 0 Å². The Morgan fingerprint density at radius 1 is 1.50 bits per heavy atom. The summed E-state index contributed by atoms with van der Waals surface area (Å²) >= 11 is 0. The molecule has 12 heavy (non-hydrogen) atoms. The van der Waals surface area contributed by atoms with Gasteiger partial charge < -0.3 is 11.1 Å². The molecule has 0 aromatic heterocycles. The van der Waals surface area contributed by atoms with Crippen LogP contribution >= 0.6 is 0 Å². The lowest BCUT2D eigenvalue weighted by Gasteiger charge is -2.00. The van der Waals surface area contributed by atoms with Gasteiger partial charge in [-0.1, -0.05) is 23.8 Å². The number of rotatable bonds is 2. The molecule has 0 unspecified atom stereocenters. The molecule has 1 aromatic carbocycles. The third-order valence-electron chi connectivity index (χ3n) is 1.61. The molecule has 3 N–H and O–H groups in total. The molecule has 0 aliphatic rings. The molecule has 0 spiro atoms. The van der Waals surface area contributed by atoms with Gasteiger partial charge in [-0.3, -0.25) is 0 Å². The number of benzene rings is 1. The number of aryl methyl sites for hydroxylation is 1. The molecular formula is C10H12N2. The summed E-state index contributed by atoms with van der Waals surface area (Å²) in [5, 5.41) is 6.85. The van der Waals surface area contributed by atoms with E-state index in [2.05, 4.69) is 0 Å². The van der Waals surface area contributed by atoms with Gasteiger partial charge >= 0.3 is 0 Å². The van der Waals surface area contributed by atoms with E-state index in [1.54, 1.807) is 6.08 Å². The van der Waals surface area contributed by atoms with E-state index in [0.29, 0.717) is 5.70 Å². The smallest absolute Gasteiger partial charge is 0.0402 e. The quantitative estimate of drug-likeness (QED) is 0.638. The van der Waals surface area contributed by atoms with Crippen LogP contribution in [0.3, 0.4) is 0 Å². The Labute approximate surface area is 72.2 Å². The summed E-state index contributed by atoms with van der Waals surface area (Å²) in [5.41, 5.74) is 8.46. The summed E-state index contributed by atoms with van der Waals surface area (Å²) in [7, 11) is 0. The summed E-state index contributed by atoms with van der Waals surface area (Å²) < 4.78 is 0. The van der Waals surface area contributed by atoms with Crippen LogP contribution < -0.4 is 5.73 Å². The SMILES string of the molecule is Cc1cccc(/C(N)=C/C=N)c1. The minimum absolute atomic E-state index is 0.633. The van der Waals surface area contributed by atoms with Gasteiger partial charge in [0.05, 0.1) is 0 Å². The van der Waals surface area contributed by atoms with Crippen molar-refractivity contribution in [1.29, 1.82) is 5.41 Å². The third kappa shape index (κ3) is 1.95. The molecule has 0 radical (unpaired) electrons. The molecule has 0 amide bonds. The van der Waals surface area contributed by atoms with Crippen LogP contribution in [0.15, 0.2) is 30.3 Å². The molecule has 62 valence electrons. The Kier molecular flexibility index (Phi) is 2.64. The molecule has 0 fully saturated rings. The van der Waals surface area contributed by atoms with Crippen LogP contribution in [0.2, 0.25) is 0 Å². The number of hydrogen-bond donors (Lipinski definition) is 2. The number of nitrogens with two attached hydrogens (primary N) is 1. The number of allylic oxidation sites excluding steroid dienone is 1. The van der Waals surface area contributed by atoms with E-state index in [1.807, 2.05) is 31.2 Å². The lowest BCUT2D eigenvalue weighted by Crippen LogP contribution is -1.96. The van der Waals surface area contributed by atoms with Crippen molar-refractivity contribution >= 4 is 11.9 Å². The Bertz CT molecular complexity index is 313. The van der Waals surface area contributed by atoms with Gasteiger partial charge in [0.25, 0.3) is 0 Å². The van der Waals surface area contributed by atoms with Crippen molar-refractivity contribution in [2.45, 2.75) is 6.92 Å². The van der Waals surface area contributed by atoms with Crippen molar-refractivity contribution in [1.82, 2.24) is 0 Å². The van der Waals surface area contributed by atoms with E-state index in [9.17, 15) is 0 Å². The maximum Gasteiger partial charge on any atom is 0.0402 e. The zero-order valence-electron chi connectivity index (χ0n) is 7.04. The molecule has 0 bridgehead atoms. The van der Waals surface area contributed by atoms with Gasteiger partial charge in [0.1, 0.15) is 0 Å². The van der Waals surface area contributed by atoms with E-state index in [0.717, 1.165) is 5.56 Å². The van der Waals surface area contributed by atoms with Crippen molar-refractivity contribution in [2.75, 3.05) is 0 Å².